The lowest BCUT2D eigenvalue weighted by molar-refractivity contribution is 0.140. The van der Waals surface area contributed by atoms with Gasteiger partial charge in [0.15, 0.2) is 0 Å². The maximum atomic E-state index is 4.47. The standard InChI is InChI=1S/C19H19N3/c1-14-6-7-19-17(5-3-9-21-19)18(14)13-22-11-16(12-22)15-4-2-8-20-10-15/h2-10,16H,11-13H2,1H3. The second-order valence-electron chi connectivity index (χ2n) is 6.11. The van der Waals surface area contributed by atoms with E-state index in [9.17, 15) is 0 Å². The molecule has 22 heavy (non-hydrogen) atoms. The Labute approximate surface area is 130 Å². The number of hydrogen-bond donors (Lipinski definition) is 0. The van der Waals surface area contributed by atoms with Crippen LogP contribution in [0.1, 0.15) is 22.6 Å². The SMILES string of the molecule is Cc1ccc2ncccc2c1CN1CC(c2cccnc2)C1. The van der Waals surface area contributed by atoms with E-state index in [1.807, 2.05) is 30.7 Å². The smallest absolute Gasteiger partial charge is 0.0705 e. The molecule has 0 amide bonds. The Morgan fingerprint density at radius 1 is 1.09 bits per heavy atom. The van der Waals surface area contributed by atoms with Crippen molar-refractivity contribution in [2.24, 2.45) is 0 Å². The number of likely N-dealkylation sites (tertiary alicyclic amines) is 1. The first kappa shape index (κ1) is 13.4. The lowest BCUT2D eigenvalue weighted by Gasteiger charge is -2.40. The van der Waals surface area contributed by atoms with Crippen LogP contribution in [0.2, 0.25) is 0 Å². The predicted octanol–water partition coefficient (Wildman–Crippen LogP) is 3.54. The molecule has 1 aliphatic rings. The van der Waals surface area contributed by atoms with Crippen LogP contribution in [0, 0.1) is 6.92 Å². The van der Waals surface area contributed by atoms with Crippen molar-refractivity contribution in [1.82, 2.24) is 14.9 Å². The minimum Gasteiger partial charge on any atom is -0.298 e. The molecule has 4 rings (SSSR count). The summed E-state index contributed by atoms with van der Waals surface area (Å²) in [5, 5.41) is 1.28. The van der Waals surface area contributed by atoms with E-state index < -0.39 is 0 Å². The monoisotopic (exact) mass is 289 g/mol. The van der Waals surface area contributed by atoms with E-state index in [0.29, 0.717) is 5.92 Å². The maximum Gasteiger partial charge on any atom is 0.0705 e. The molecule has 0 radical (unpaired) electrons. The zero-order chi connectivity index (χ0) is 14.9. The fraction of sp³-hybridized carbons (Fsp3) is 0.263. The van der Waals surface area contributed by atoms with Crippen LogP contribution in [0.3, 0.4) is 0 Å². The summed E-state index contributed by atoms with van der Waals surface area (Å²) in [6.45, 7) is 5.43. The molecule has 0 spiro atoms. The summed E-state index contributed by atoms with van der Waals surface area (Å²) in [5.74, 6) is 0.627. The summed E-state index contributed by atoms with van der Waals surface area (Å²) in [5.41, 5.74) is 5.21. The zero-order valence-corrected chi connectivity index (χ0v) is 12.7. The number of pyridine rings is 2. The molecule has 3 aromatic rings. The van der Waals surface area contributed by atoms with Crippen LogP contribution in [0.15, 0.2) is 55.0 Å². The molecule has 3 nitrogen and oxygen atoms in total. The molecule has 3 heteroatoms. The maximum absolute atomic E-state index is 4.47. The molecule has 0 N–H and O–H groups in total. The van der Waals surface area contributed by atoms with Gasteiger partial charge in [0.25, 0.3) is 0 Å². The number of nitrogens with zero attached hydrogens (tertiary/aromatic N) is 3. The number of benzene rings is 1. The summed E-state index contributed by atoms with van der Waals surface area (Å²) in [4.78, 5) is 11.2. The molecule has 0 bridgehead atoms. The van der Waals surface area contributed by atoms with Gasteiger partial charge in [-0.25, -0.2) is 0 Å². The van der Waals surface area contributed by atoms with Gasteiger partial charge in [0.2, 0.25) is 0 Å². The normalized spacial score (nSPS) is 15.9. The Morgan fingerprint density at radius 3 is 2.77 bits per heavy atom. The number of aromatic nitrogens is 2. The quantitative estimate of drug-likeness (QED) is 0.738. The second kappa shape index (κ2) is 5.50. The second-order valence-corrected chi connectivity index (χ2v) is 6.11. The van der Waals surface area contributed by atoms with Gasteiger partial charge in [0.1, 0.15) is 0 Å². The highest BCUT2D eigenvalue weighted by atomic mass is 15.2. The number of hydrogen-bond acceptors (Lipinski definition) is 3. The molecule has 3 heterocycles. The van der Waals surface area contributed by atoms with E-state index in [1.165, 1.54) is 22.1 Å². The molecule has 2 aromatic heterocycles. The third-order valence-corrected chi connectivity index (χ3v) is 4.63. The van der Waals surface area contributed by atoms with Crippen molar-refractivity contribution in [2.45, 2.75) is 19.4 Å². The summed E-state index contributed by atoms with van der Waals surface area (Å²) < 4.78 is 0. The van der Waals surface area contributed by atoms with Gasteiger partial charge in [-0.1, -0.05) is 18.2 Å². The lowest BCUT2D eigenvalue weighted by atomic mass is 9.91. The molecule has 0 atom stereocenters. The van der Waals surface area contributed by atoms with E-state index in [-0.39, 0.29) is 0 Å². The van der Waals surface area contributed by atoms with Crippen molar-refractivity contribution in [3.05, 3.63) is 71.7 Å². The van der Waals surface area contributed by atoms with Crippen LogP contribution in [-0.4, -0.2) is 28.0 Å². The van der Waals surface area contributed by atoms with Crippen LogP contribution >= 0.6 is 0 Å². The van der Waals surface area contributed by atoms with Crippen LogP contribution < -0.4 is 0 Å². The van der Waals surface area contributed by atoms with E-state index in [1.54, 1.807) is 0 Å². The van der Waals surface area contributed by atoms with Gasteiger partial charge in [-0.15, -0.1) is 0 Å². The third-order valence-electron chi connectivity index (χ3n) is 4.63. The summed E-state index contributed by atoms with van der Waals surface area (Å²) in [6.07, 6.45) is 5.70. The van der Waals surface area contributed by atoms with Gasteiger partial charge >= 0.3 is 0 Å². The van der Waals surface area contributed by atoms with Gasteiger partial charge < -0.3 is 0 Å². The molecular formula is C19H19N3. The Bertz CT molecular complexity index is 792. The largest absolute Gasteiger partial charge is 0.298 e. The predicted molar refractivity (Wildman–Crippen MR) is 88.7 cm³/mol. The van der Waals surface area contributed by atoms with Crippen molar-refractivity contribution in [3.8, 4) is 0 Å². The van der Waals surface area contributed by atoms with Crippen molar-refractivity contribution in [3.63, 3.8) is 0 Å². The Morgan fingerprint density at radius 2 is 1.95 bits per heavy atom. The van der Waals surface area contributed by atoms with Gasteiger partial charge in [-0.05, 0) is 41.8 Å². The Kier molecular flexibility index (Phi) is 3.35. The highest BCUT2D eigenvalue weighted by molar-refractivity contribution is 5.83. The Hall–Kier alpha value is -2.26. The third kappa shape index (κ3) is 2.38. The average molecular weight is 289 g/mol. The lowest BCUT2D eigenvalue weighted by Crippen LogP contribution is -2.44. The van der Waals surface area contributed by atoms with Crippen molar-refractivity contribution in [2.75, 3.05) is 13.1 Å². The van der Waals surface area contributed by atoms with Gasteiger partial charge in [-0.2, -0.15) is 0 Å². The fourth-order valence-electron chi connectivity index (χ4n) is 3.28. The Balaban J connectivity index is 1.53. The van der Waals surface area contributed by atoms with Gasteiger partial charge in [0, 0.05) is 49.5 Å². The highest BCUT2D eigenvalue weighted by Crippen LogP contribution is 2.30. The topological polar surface area (TPSA) is 29.0 Å². The summed E-state index contributed by atoms with van der Waals surface area (Å²) in [7, 11) is 0. The number of fused-ring (bicyclic) bond motifs is 1. The molecule has 110 valence electrons. The molecule has 1 aliphatic heterocycles. The minimum atomic E-state index is 0.627. The van der Waals surface area contributed by atoms with Gasteiger partial charge in [-0.3, -0.25) is 14.9 Å². The van der Waals surface area contributed by atoms with Crippen LogP contribution in [0.4, 0.5) is 0 Å². The molecule has 1 fully saturated rings. The van der Waals surface area contributed by atoms with E-state index in [4.69, 9.17) is 0 Å². The number of rotatable bonds is 3. The fourth-order valence-corrected chi connectivity index (χ4v) is 3.28. The van der Waals surface area contributed by atoms with Crippen LogP contribution in [0.5, 0.6) is 0 Å². The van der Waals surface area contributed by atoms with Crippen LogP contribution in [-0.2, 0) is 6.54 Å². The highest BCUT2D eigenvalue weighted by Gasteiger charge is 2.28. The molecule has 0 saturated carbocycles. The average Bonchev–Trinajstić information content (AvgIpc) is 2.53. The van der Waals surface area contributed by atoms with E-state index in [0.717, 1.165) is 25.2 Å². The van der Waals surface area contributed by atoms with E-state index in [2.05, 4.69) is 46.1 Å². The van der Waals surface area contributed by atoms with E-state index >= 15 is 0 Å². The first-order valence-corrected chi connectivity index (χ1v) is 7.77. The molecule has 1 aromatic carbocycles. The zero-order valence-electron chi connectivity index (χ0n) is 12.7. The van der Waals surface area contributed by atoms with Crippen molar-refractivity contribution >= 4 is 10.9 Å². The van der Waals surface area contributed by atoms with Crippen molar-refractivity contribution in [1.29, 1.82) is 0 Å². The molecular weight excluding hydrogens is 270 g/mol. The first-order chi connectivity index (χ1) is 10.8. The van der Waals surface area contributed by atoms with Gasteiger partial charge in [0.05, 0.1) is 5.52 Å². The summed E-state index contributed by atoms with van der Waals surface area (Å²) in [6, 6.07) is 12.7. The number of aryl methyl sites for hydroxylation is 1. The molecule has 0 unspecified atom stereocenters. The minimum absolute atomic E-state index is 0.627. The first-order valence-electron chi connectivity index (χ1n) is 7.77. The van der Waals surface area contributed by atoms with Crippen molar-refractivity contribution < 1.29 is 0 Å². The van der Waals surface area contributed by atoms with Crippen LogP contribution in [0.25, 0.3) is 10.9 Å². The summed E-state index contributed by atoms with van der Waals surface area (Å²) >= 11 is 0. The molecule has 1 saturated heterocycles. The molecule has 0 aliphatic carbocycles.